The largest absolute Gasteiger partial charge is 0.465 e. The minimum absolute atomic E-state index is 0.0485. The summed E-state index contributed by atoms with van der Waals surface area (Å²) in [5.74, 6) is -0.431. The highest BCUT2D eigenvalue weighted by molar-refractivity contribution is 5.76. The minimum atomic E-state index is -0.251. The number of ether oxygens (including phenoxy) is 1. The van der Waals surface area contributed by atoms with E-state index in [1.165, 1.54) is 0 Å². The third kappa shape index (κ3) is 8.26. The molecule has 0 atom stereocenters. The van der Waals surface area contributed by atoms with Crippen LogP contribution >= 0.6 is 0 Å². The second-order valence-corrected chi connectivity index (χ2v) is 4.13. The number of rotatable bonds is 8. The number of carbonyl (C=O) groups excluding carboxylic acids is 2. The molecule has 0 aromatic carbocycles. The zero-order valence-electron chi connectivity index (χ0n) is 10.5. The fraction of sp³-hybridized carbons (Fsp3) is 0.833. The second kappa shape index (κ2) is 9.19. The van der Waals surface area contributed by atoms with Crippen LogP contribution in [0.15, 0.2) is 0 Å². The summed E-state index contributed by atoms with van der Waals surface area (Å²) in [5, 5.41) is 2.79. The van der Waals surface area contributed by atoms with Crippen LogP contribution in [-0.4, -0.2) is 25.0 Å². The Bertz CT molecular complexity index is 214. The predicted molar refractivity (Wildman–Crippen MR) is 62.9 cm³/mol. The van der Waals surface area contributed by atoms with Crippen LogP contribution in [0.1, 0.15) is 46.5 Å². The van der Waals surface area contributed by atoms with Crippen LogP contribution in [0, 0.1) is 5.92 Å². The molecule has 4 heteroatoms. The standard InChI is InChI=1S/C12H23NO3/c1-4-5-6-8-13-11(14)7-9-16-12(15)10(2)3/h10H,4-9H2,1-3H3,(H,13,14). The number of hydrogen-bond donors (Lipinski definition) is 1. The smallest absolute Gasteiger partial charge is 0.308 e. The minimum Gasteiger partial charge on any atom is -0.465 e. The summed E-state index contributed by atoms with van der Waals surface area (Å²) in [7, 11) is 0. The summed E-state index contributed by atoms with van der Waals surface area (Å²) in [6.07, 6.45) is 3.53. The lowest BCUT2D eigenvalue weighted by atomic mass is 10.2. The number of carbonyl (C=O) groups is 2. The SMILES string of the molecule is CCCCCNC(=O)CCOC(=O)C(C)C. The third-order valence-electron chi connectivity index (χ3n) is 2.15. The van der Waals surface area contributed by atoms with E-state index in [4.69, 9.17) is 4.74 Å². The molecule has 0 aliphatic carbocycles. The average molecular weight is 229 g/mol. The third-order valence-corrected chi connectivity index (χ3v) is 2.15. The van der Waals surface area contributed by atoms with Gasteiger partial charge in [-0.3, -0.25) is 9.59 Å². The van der Waals surface area contributed by atoms with Gasteiger partial charge in [-0.25, -0.2) is 0 Å². The molecule has 0 radical (unpaired) electrons. The Morgan fingerprint density at radius 3 is 2.50 bits per heavy atom. The van der Waals surface area contributed by atoms with Gasteiger partial charge in [-0.05, 0) is 6.42 Å². The van der Waals surface area contributed by atoms with Gasteiger partial charge in [0.2, 0.25) is 5.91 Å². The van der Waals surface area contributed by atoms with Gasteiger partial charge in [-0.1, -0.05) is 33.6 Å². The van der Waals surface area contributed by atoms with E-state index >= 15 is 0 Å². The zero-order chi connectivity index (χ0) is 12.4. The lowest BCUT2D eigenvalue weighted by Gasteiger charge is -2.07. The van der Waals surface area contributed by atoms with E-state index in [1.54, 1.807) is 13.8 Å². The van der Waals surface area contributed by atoms with Gasteiger partial charge >= 0.3 is 5.97 Å². The Labute approximate surface area is 97.7 Å². The number of esters is 1. The molecule has 0 heterocycles. The first-order valence-corrected chi connectivity index (χ1v) is 6.01. The van der Waals surface area contributed by atoms with Crippen molar-refractivity contribution in [3.05, 3.63) is 0 Å². The Morgan fingerprint density at radius 2 is 1.94 bits per heavy atom. The molecule has 1 amide bonds. The van der Waals surface area contributed by atoms with E-state index in [0.29, 0.717) is 6.54 Å². The Morgan fingerprint density at radius 1 is 1.25 bits per heavy atom. The van der Waals surface area contributed by atoms with Crippen molar-refractivity contribution in [2.45, 2.75) is 46.5 Å². The quantitative estimate of drug-likeness (QED) is 0.510. The molecule has 0 saturated carbocycles. The van der Waals surface area contributed by atoms with Crippen molar-refractivity contribution >= 4 is 11.9 Å². The fourth-order valence-corrected chi connectivity index (χ4v) is 1.10. The van der Waals surface area contributed by atoms with Crippen LogP contribution in [0.5, 0.6) is 0 Å². The first-order valence-electron chi connectivity index (χ1n) is 6.01. The summed E-state index contributed by atoms with van der Waals surface area (Å²) < 4.78 is 4.90. The van der Waals surface area contributed by atoms with E-state index in [-0.39, 0.29) is 30.8 Å². The molecule has 0 saturated heterocycles. The number of amides is 1. The molecule has 0 aliphatic heterocycles. The van der Waals surface area contributed by atoms with Crippen LogP contribution in [0.25, 0.3) is 0 Å². The molecule has 0 bridgehead atoms. The van der Waals surface area contributed by atoms with E-state index in [1.807, 2.05) is 0 Å². The van der Waals surface area contributed by atoms with Gasteiger partial charge < -0.3 is 10.1 Å². The Kier molecular flexibility index (Phi) is 8.58. The summed E-state index contributed by atoms with van der Waals surface area (Å²) in [6, 6.07) is 0. The molecule has 1 N–H and O–H groups in total. The summed E-state index contributed by atoms with van der Waals surface area (Å²) in [4.78, 5) is 22.3. The highest BCUT2D eigenvalue weighted by Gasteiger charge is 2.08. The highest BCUT2D eigenvalue weighted by Crippen LogP contribution is 1.96. The monoisotopic (exact) mass is 229 g/mol. The van der Waals surface area contributed by atoms with Gasteiger partial charge in [-0.15, -0.1) is 0 Å². The fourth-order valence-electron chi connectivity index (χ4n) is 1.10. The molecule has 0 aliphatic rings. The van der Waals surface area contributed by atoms with E-state index in [0.717, 1.165) is 19.3 Å². The second-order valence-electron chi connectivity index (χ2n) is 4.13. The van der Waals surface area contributed by atoms with Crippen molar-refractivity contribution in [1.29, 1.82) is 0 Å². The van der Waals surface area contributed by atoms with E-state index < -0.39 is 0 Å². The number of hydrogen-bond acceptors (Lipinski definition) is 3. The van der Waals surface area contributed by atoms with Crippen LogP contribution in [0.2, 0.25) is 0 Å². The lowest BCUT2D eigenvalue weighted by molar-refractivity contribution is -0.147. The Balaban J connectivity index is 3.40. The number of nitrogens with one attached hydrogen (secondary N) is 1. The van der Waals surface area contributed by atoms with Crippen molar-refractivity contribution in [1.82, 2.24) is 5.32 Å². The van der Waals surface area contributed by atoms with Crippen molar-refractivity contribution in [2.75, 3.05) is 13.2 Å². The van der Waals surface area contributed by atoms with Gasteiger partial charge in [0.15, 0.2) is 0 Å². The van der Waals surface area contributed by atoms with Gasteiger partial charge in [0.25, 0.3) is 0 Å². The topological polar surface area (TPSA) is 55.4 Å². The normalized spacial score (nSPS) is 10.2. The van der Waals surface area contributed by atoms with Gasteiger partial charge in [-0.2, -0.15) is 0 Å². The van der Waals surface area contributed by atoms with Crippen LogP contribution in [0.3, 0.4) is 0 Å². The zero-order valence-corrected chi connectivity index (χ0v) is 10.5. The van der Waals surface area contributed by atoms with Crippen LogP contribution in [-0.2, 0) is 14.3 Å². The molecular weight excluding hydrogens is 206 g/mol. The predicted octanol–water partition coefficient (Wildman–Crippen LogP) is 1.88. The maximum Gasteiger partial charge on any atom is 0.308 e. The maximum absolute atomic E-state index is 11.3. The molecule has 16 heavy (non-hydrogen) atoms. The van der Waals surface area contributed by atoms with Crippen molar-refractivity contribution in [3.63, 3.8) is 0 Å². The Hall–Kier alpha value is -1.06. The summed E-state index contributed by atoms with van der Waals surface area (Å²) in [5.41, 5.74) is 0. The van der Waals surface area contributed by atoms with Crippen LogP contribution < -0.4 is 5.32 Å². The molecule has 0 rings (SSSR count). The van der Waals surface area contributed by atoms with Crippen molar-refractivity contribution in [2.24, 2.45) is 5.92 Å². The number of unbranched alkanes of at least 4 members (excludes halogenated alkanes) is 2. The molecule has 0 aromatic heterocycles. The molecular formula is C12H23NO3. The molecule has 0 aromatic rings. The van der Waals surface area contributed by atoms with E-state index in [9.17, 15) is 9.59 Å². The lowest BCUT2D eigenvalue weighted by Crippen LogP contribution is -2.26. The summed E-state index contributed by atoms with van der Waals surface area (Å²) >= 11 is 0. The summed E-state index contributed by atoms with van der Waals surface area (Å²) in [6.45, 7) is 6.55. The molecule has 4 nitrogen and oxygen atoms in total. The van der Waals surface area contributed by atoms with Crippen molar-refractivity contribution < 1.29 is 14.3 Å². The maximum atomic E-state index is 11.3. The first kappa shape index (κ1) is 14.9. The first-order chi connectivity index (χ1) is 7.57. The molecule has 0 spiro atoms. The van der Waals surface area contributed by atoms with Crippen LogP contribution in [0.4, 0.5) is 0 Å². The van der Waals surface area contributed by atoms with Gasteiger partial charge in [0, 0.05) is 6.54 Å². The van der Waals surface area contributed by atoms with Crippen molar-refractivity contribution in [3.8, 4) is 0 Å². The molecule has 0 unspecified atom stereocenters. The average Bonchev–Trinajstić information content (AvgIpc) is 2.24. The molecule has 0 fully saturated rings. The van der Waals surface area contributed by atoms with Gasteiger partial charge in [0.05, 0.1) is 12.3 Å². The van der Waals surface area contributed by atoms with E-state index in [2.05, 4.69) is 12.2 Å². The highest BCUT2D eigenvalue weighted by atomic mass is 16.5. The molecule has 94 valence electrons. The van der Waals surface area contributed by atoms with Gasteiger partial charge in [0.1, 0.15) is 6.61 Å².